The second-order valence-corrected chi connectivity index (χ2v) is 5.58. The van der Waals surface area contributed by atoms with Crippen molar-refractivity contribution in [3.63, 3.8) is 0 Å². The molecule has 1 aromatic rings. The molecule has 0 saturated heterocycles. The number of pyridine rings is 1. The van der Waals surface area contributed by atoms with E-state index in [0.29, 0.717) is 11.4 Å². The third kappa shape index (κ3) is 2.60. The van der Waals surface area contributed by atoms with E-state index in [2.05, 4.69) is 38.5 Å². The Balaban J connectivity index is 2.20. The topological polar surface area (TPSA) is 54.0 Å². The van der Waals surface area contributed by atoms with Gasteiger partial charge in [-0.15, -0.1) is 0 Å². The number of rotatable bonds is 3. The Morgan fingerprint density at radius 1 is 1.53 bits per heavy atom. The average molecular weight is 298 g/mol. The van der Waals surface area contributed by atoms with Gasteiger partial charge >= 0.3 is 0 Å². The molecule has 17 heavy (non-hydrogen) atoms. The Morgan fingerprint density at radius 3 is 2.76 bits per heavy atom. The zero-order valence-corrected chi connectivity index (χ0v) is 11.6. The van der Waals surface area contributed by atoms with Crippen molar-refractivity contribution < 1.29 is 4.79 Å². The zero-order chi connectivity index (χ0) is 12.5. The lowest BCUT2D eigenvalue weighted by Gasteiger charge is -2.39. The van der Waals surface area contributed by atoms with Gasteiger partial charge in [0, 0.05) is 23.3 Å². The summed E-state index contributed by atoms with van der Waals surface area (Å²) < 4.78 is 0.806. The molecule has 1 fully saturated rings. The van der Waals surface area contributed by atoms with Crippen LogP contribution in [0.5, 0.6) is 0 Å². The van der Waals surface area contributed by atoms with Gasteiger partial charge in [-0.05, 0) is 48.2 Å². The maximum atomic E-state index is 12.2. The smallest absolute Gasteiger partial charge is 0.255 e. The van der Waals surface area contributed by atoms with Crippen molar-refractivity contribution in [1.82, 2.24) is 10.3 Å². The molecule has 0 radical (unpaired) electrons. The quantitative estimate of drug-likeness (QED) is 0.901. The van der Waals surface area contributed by atoms with Crippen LogP contribution in [-0.4, -0.2) is 23.5 Å². The number of hydrogen-bond donors (Lipinski definition) is 2. The molecule has 0 atom stereocenters. The van der Waals surface area contributed by atoms with Crippen LogP contribution >= 0.6 is 15.9 Å². The van der Waals surface area contributed by atoms with Crippen LogP contribution in [0, 0.1) is 0 Å². The molecule has 0 aromatic carbocycles. The van der Waals surface area contributed by atoms with E-state index < -0.39 is 0 Å². The highest BCUT2D eigenvalue weighted by molar-refractivity contribution is 9.10. The molecule has 0 bridgehead atoms. The molecular weight excluding hydrogens is 282 g/mol. The molecular formula is C12H16BrN3O. The van der Waals surface area contributed by atoms with E-state index in [1.54, 1.807) is 19.3 Å². The Morgan fingerprint density at radius 2 is 2.24 bits per heavy atom. The molecule has 0 unspecified atom stereocenters. The lowest BCUT2D eigenvalue weighted by Crippen LogP contribution is -2.51. The van der Waals surface area contributed by atoms with Crippen molar-refractivity contribution >= 4 is 27.7 Å². The molecule has 1 aliphatic carbocycles. The van der Waals surface area contributed by atoms with Gasteiger partial charge in [-0.3, -0.25) is 4.79 Å². The minimum Gasteiger partial charge on any atom is -0.372 e. The van der Waals surface area contributed by atoms with Crippen LogP contribution in [0.4, 0.5) is 5.82 Å². The van der Waals surface area contributed by atoms with Crippen molar-refractivity contribution in [2.45, 2.75) is 31.7 Å². The predicted molar refractivity (Wildman–Crippen MR) is 71.2 cm³/mol. The summed E-state index contributed by atoms with van der Waals surface area (Å²) in [6, 6.07) is 1.79. The van der Waals surface area contributed by atoms with E-state index in [1.165, 1.54) is 6.42 Å². The van der Waals surface area contributed by atoms with Crippen LogP contribution in [0.2, 0.25) is 0 Å². The number of halogens is 1. The molecule has 1 saturated carbocycles. The summed E-state index contributed by atoms with van der Waals surface area (Å²) in [4.78, 5) is 16.3. The van der Waals surface area contributed by atoms with Gasteiger partial charge in [-0.2, -0.15) is 0 Å². The van der Waals surface area contributed by atoms with Gasteiger partial charge in [0.15, 0.2) is 0 Å². The van der Waals surface area contributed by atoms with Gasteiger partial charge in [-0.25, -0.2) is 4.98 Å². The lowest BCUT2D eigenvalue weighted by atomic mass is 9.78. The van der Waals surface area contributed by atoms with Gasteiger partial charge < -0.3 is 10.6 Å². The first-order valence-electron chi connectivity index (χ1n) is 5.70. The minimum atomic E-state index is -0.0645. The molecule has 2 N–H and O–H groups in total. The summed E-state index contributed by atoms with van der Waals surface area (Å²) in [5.74, 6) is 0.541. The van der Waals surface area contributed by atoms with E-state index in [9.17, 15) is 4.79 Å². The number of hydrogen-bond acceptors (Lipinski definition) is 3. The first-order chi connectivity index (χ1) is 8.04. The maximum Gasteiger partial charge on any atom is 0.255 e. The van der Waals surface area contributed by atoms with Crippen LogP contribution in [0.3, 0.4) is 0 Å². The normalized spacial score (nSPS) is 17.1. The monoisotopic (exact) mass is 297 g/mol. The highest BCUT2D eigenvalue weighted by Crippen LogP contribution is 2.31. The Bertz CT molecular complexity index is 443. The summed E-state index contributed by atoms with van der Waals surface area (Å²) in [6.45, 7) is 2.08. The number of anilines is 1. The highest BCUT2D eigenvalue weighted by atomic mass is 79.9. The second-order valence-electron chi connectivity index (χ2n) is 4.67. The Kier molecular flexibility index (Phi) is 3.38. The van der Waals surface area contributed by atoms with Gasteiger partial charge in [-0.1, -0.05) is 0 Å². The fourth-order valence-electron chi connectivity index (χ4n) is 1.99. The van der Waals surface area contributed by atoms with Crippen molar-refractivity contribution in [2.24, 2.45) is 0 Å². The van der Waals surface area contributed by atoms with Crippen LogP contribution in [0.15, 0.2) is 16.7 Å². The van der Waals surface area contributed by atoms with Crippen molar-refractivity contribution in [1.29, 1.82) is 0 Å². The predicted octanol–water partition coefficient (Wildman–Crippen LogP) is 2.56. The minimum absolute atomic E-state index is 0.0373. The third-order valence-electron chi connectivity index (χ3n) is 3.21. The first kappa shape index (κ1) is 12.4. The molecule has 4 nitrogen and oxygen atoms in total. The molecule has 1 aromatic heterocycles. The molecule has 1 heterocycles. The van der Waals surface area contributed by atoms with Crippen molar-refractivity contribution in [3.8, 4) is 0 Å². The van der Waals surface area contributed by atoms with Gasteiger partial charge in [0.2, 0.25) is 0 Å². The number of carbonyl (C=O) groups is 1. The SMILES string of the molecule is CNc1ncc(Br)cc1C(=O)NC1(C)CCC1. The fraction of sp³-hybridized carbons (Fsp3) is 0.500. The van der Waals surface area contributed by atoms with Crippen LogP contribution in [-0.2, 0) is 0 Å². The molecule has 1 aliphatic rings. The molecule has 1 amide bonds. The van der Waals surface area contributed by atoms with E-state index >= 15 is 0 Å². The number of carbonyl (C=O) groups excluding carboxylic acids is 1. The molecule has 2 rings (SSSR count). The number of nitrogens with one attached hydrogen (secondary N) is 2. The lowest BCUT2D eigenvalue weighted by molar-refractivity contribution is 0.0851. The first-order valence-corrected chi connectivity index (χ1v) is 6.49. The van der Waals surface area contributed by atoms with Crippen LogP contribution in [0.25, 0.3) is 0 Å². The van der Waals surface area contributed by atoms with Crippen LogP contribution < -0.4 is 10.6 Å². The van der Waals surface area contributed by atoms with Gasteiger partial charge in [0.1, 0.15) is 5.82 Å². The summed E-state index contributed by atoms with van der Waals surface area (Å²) >= 11 is 3.33. The molecule has 0 aliphatic heterocycles. The van der Waals surface area contributed by atoms with Crippen molar-refractivity contribution in [2.75, 3.05) is 12.4 Å². The van der Waals surface area contributed by atoms with Gasteiger partial charge in [0.05, 0.1) is 5.56 Å². The summed E-state index contributed by atoms with van der Waals surface area (Å²) in [7, 11) is 1.76. The number of amides is 1. The summed E-state index contributed by atoms with van der Waals surface area (Å²) in [5.41, 5.74) is 0.541. The largest absolute Gasteiger partial charge is 0.372 e. The zero-order valence-electron chi connectivity index (χ0n) is 10.0. The van der Waals surface area contributed by atoms with Crippen LogP contribution in [0.1, 0.15) is 36.5 Å². The average Bonchev–Trinajstić information content (AvgIpc) is 2.26. The number of aromatic nitrogens is 1. The standard InChI is InChI=1S/C12H16BrN3O/c1-12(4-3-5-12)16-11(17)9-6-8(13)7-15-10(9)14-2/h6-7H,3-5H2,1-2H3,(H,14,15)(H,16,17). The van der Waals surface area contributed by atoms with E-state index in [-0.39, 0.29) is 11.4 Å². The number of nitrogens with zero attached hydrogens (tertiary/aromatic N) is 1. The summed E-state index contributed by atoms with van der Waals surface area (Å²) in [5, 5.41) is 6.00. The van der Waals surface area contributed by atoms with E-state index in [0.717, 1.165) is 17.3 Å². The van der Waals surface area contributed by atoms with E-state index in [4.69, 9.17) is 0 Å². The van der Waals surface area contributed by atoms with Gasteiger partial charge in [0.25, 0.3) is 5.91 Å². The molecule has 92 valence electrons. The molecule has 5 heteroatoms. The fourth-order valence-corrected chi connectivity index (χ4v) is 2.32. The second kappa shape index (κ2) is 4.64. The third-order valence-corrected chi connectivity index (χ3v) is 3.64. The Hall–Kier alpha value is -1.10. The van der Waals surface area contributed by atoms with Crippen molar-refractivity contribution in [3.05, 3.63) is 22.3 Å². The Labute approximate surface area is 109 Å². The maximum absolute atomic E-state index is 12.2. The highest BCUT2D eigenvalue weighted by Gasteiger charge is 2.33. The summed E-state index contributed by atoms with van der Waals surface area (Å²) in [6.07, 6.45) is 4.96. The molecule has 0 spiro atoms. The van der Waals surface area contributed by atoms with E-state index in [1.807, 2.05) is 0 Å².